The van der Waals surface area contributed by atoms with E-state index in [0.29, 0.717) is 0 Å². The van der Waals surface area contributed by atoms with E-state index in [9.17, 15) is 9.59 Å². The second-order valence-corrected chi connectivity index (χ2v) is 4.73. The summed E-state index contributed by atoms with van der Waals surface area (Å²) in [5.41, 5.74) is 2.35. The fourth-order valence-corrected chi connectivity index (χ4v) is 1.79. The van der Waals surface area contributed by atoms with Gasteiger partial charge in [-0.25, -0.2) is 9.89 Å². The number of hydrogen-bond acceptors (Lipinski definition) is 4. The van der Waals surface area contributed by atoms with E-state index in [1.54, 1.807) is 0 Å². The smallest absolute Gasteiger partial charge is 0.343 e. The van der Waals surface area contributed by atoms with Crippen LogP contribution in [-0.4, -0.2) is 34.8 Å². The third kappa shape index (κ3) is 3.05. The Labute approximate surface area is 116 Å². The molecule has 0 bridgehead atoms. The van der Waals surface area contributed by atoms with E-state index in [2.05, 4.69) is 15.5 Å². The Hall–Kier alpha value is -2.57. The summed E-state index contributed by atoms with van der Waals surface area (Å²) >= 11 is 0. The number of nitrogens with one attached hydrogen (secondary N) is 2. The van der Waals surface area contributed by atoms with Gasteiger partial charge >= 0.3 is 5.69 Å². The van der Waals surface area contributed by atoms with Crippen LogP contribution in [0.2, 0.25) is 0 Å². The van der Waals surface area contributed by atoms with Crippen LogP contribution < -0.4 is 15.9 Å². The van der Waals surface area contributed by atoms with E-state index in [1.165, 1.54) is 10.9 Å². The van der Waals surface area contributed by atoms with E-state index in [4.69, 9.17) is 0 Å². The number of aromatic nitrogens is 3. The first-order chi connectivity index (χ1) is 9.47. The number of anilines is 2. The molecule has 0 saturated heterocycles. The molecule has 2 aromatic rings. The van der Waals surface area contributed by atoms with Crippen LogP contribution in [0.3, 0.4) is 0 Å². The largest absolute Gasteiger partial charge is 0.378 e. The third-order valence-electron chi connectivity index (χ3n) is 2.93. The molecule has 0 fully saturated rings. The van der Waals surface area contributed by atoms with Crippen LogP contribution in [0.5, 0.6) is 0 Å². The van der Waals surface area contributed by atoms with Crippen molar-refractivity contribution in [3.63, 3.8) is 0 Å². The summed E-state index contributed by atoms with van der Waals surface area (Å²) in [4.78, 5) is 25.1. The second-order valence-electron chi connectivity index (χ2n) is 4.73. The van der Waals surface area contributed by atoms with Gasteiger partial charge < -0.3 is 10.2 Å². The molecule has 2 rings (SSSR count). The lowest BCUT2D eigenvalue weighted by Crippen LogP contribution is -2.25. The quantitative estimate of drug-likeness (QED) is 0.855. The second kappa shape index (κ2) is 5.60. The van der Waals surface area contributed by atoms with Crippen LogP contribution in [0.25, 0.3) is 0 Å². The molecule has 0 aliphatic heterocycles. The first kappa shape index (κ1) is 13.9. The average molecular weight is 275 g/mol. The lowest BCUT2D eigenvalue weighted by atomic mass is 10.1. The average Bonchev–Trinajstić information content (AvgIpc) is 2.77. The number of amides is 1. The van der Waals surface area contributed by atoms with Crippen molar-refractivity contribution >= 4 is 17.3 Å². The molecule has 0 saturated carbocycles. The summed E-state index contributed by atoms with van der Waals surface area (Å²) in [5, 5.41) is 8.59. The predicted octanol–water partition coefficient (Wildman–Crippen LogP) is 0.585. The Morgan fingerprint density at radius 2 is 2.20 bits per heavy atom. The van der Waals surface area contributed by atoms with Crippen LogP contribution in [0.4, 0.5) is 11.4 Å². The van der Waals surface area contributed by atoms with Crippen LogP contribution in [0.1, 0.15) is 5.56 Å². The van der Waals surface area contributed by atoms with Crippen LogP contribution in [0.15, 0.2) is 29.3 Å². The van der Waals surface area contributed by atoms with Gasteiger partial charge in [0.05, 0.1) is 0 Å². The molecule has 0 aliphatic carbocycles. The number of aryl methyl sites for hydroxylation is 1. The number of benzene rings is 1. The summed E-state index contributed by atoms with van der Waals surface area (Å²) < 4.78 is 1.21. The zero-order valence-corrected chi connectivity index (χ0v) is 11.7. The normalized spacial score (nSPS) is 10.3. The molecule has 1 amide bonds. The molecule has 0 spiro atoms. The third-order valence-corrected chi connectivity index (χ3v) is 2.93. The Morgan fingerprint density at radius 3 is 2.75 bits per heavy atom. The highest BCUT2D eigenvalue weighted by atomic mass is 16.2. The van der Waals surface area contributed by atoms with Gasteiger partial charge in [0.2, 0.25) is 5.91 Å². The SMILES string of the molecule is Cc1cc(N(C)C)ccc1NC(=O)Cn1cn[nH]c1=O. The van der Waals surface area contributed by atoms with Gasteiger partial charge in [0.1, 0.15) is 12.9 Å². The van der Waals surface area contributed by atoms with Crippen LogP contribution in [0, 0.1) is 6.92 Å². The number of hydrogen-bond donors (Lipinski definition) is 2. The Bertz CT molecular complexity index is 671. The van der Waals surface area contributed by atoms with Crippen LogP contribution in [-0.2, 0) is 11.3 Å². The number of nitrogens with zero attached hydrogens (tertiary/aromatic N) is 3. The first-order valence-corrected chi connectivity index (χ1v) is 6.15. The van der Waals surface area contributed by atoms with Gasteiger partial charge in [0.15, 0.2) is 0 Å². The highest BCUT2D eigenvalue weighted by molar-refractivity contribution is 5.91. The Kier molecular flexibility index (Phi) is 3.88. The summed E-state index contributed by atoms with van der Waals surface area (Å²) in [6, 6.07) is 5.76. The van der Waals surface area contributed by atoms with Crippen molar-refractivity contribution in [2.24, 2.45) is 0 Å². The number of carbonyl (C=O) groups is 1. The molecule has 1 aromatic heterocycles. The number of H-pyrrole nitrogens is 1. The highest BCUT2D eigenvalue weighted by Gasteiger charge is 2.08. The number of aromatic amines is 1. The summed E-state index contributed by atoms with van der Waals surface area (Å²) in [6.45, 7) is 1.86. The van der Waals surface area contributed by atoms with Gasteiger partial charge in [-0.3, -0.25) is 9.36 Å². The fourth-order valence-electron chi connectivity index (χ4n) is 1.79. The lowest BCUT2D eigenvalue weighted by Gasteiger charge is -2.15. The van der Waals surface area contributed by atoms with Crippen LogP contribution >= 0.6 is 0 Å². The standard InChI is InChI=1S/C13H17N5O2/c1-9-6-10(17(2)3)4-5-11(9)15-12(19)7-18-8-14-16-13(18)20/h4-6,8H,7H2,1-3H3,(H,15,19)(H,16,20). The monoisotopic (exact) mass is 275 g/mol. The fraction of sp³-hybridized carbons (Fsp3) is 0.308. The molecule has 1 heterocycles. The van der Waals surface area contributed by atoms with Crippen molar-refractivity contribution in [2.75, 3.05) is 24.3 Å². The highest BCUT2D eigenvalue weighted by Crippen LogP contribution is 2.21. The molecule has 0 atom stereocenters. The molecule has 7 nitrogen and oxygen atoms in total. The predicted molar refractivity (Wildman–Crippen MR) is 77.0 cm³/mol. The van der Waals surface area contributed by atoms with Gasteiger partial charge in [0, 0.05) is 25.5 Å². The minimum Gasteiger partial charge on any atom is -0.378 e. The summed E-state index contributed by atoms with van der Waals surface area (Å²) in [6.07, 6.45) is 1.30. The van der Waals surface area contributed by atoms with Crippen molar-refractivity contribution < 1.29 is 4.79 Å². The molecule has 7 heteroatoms. The molecule has 2 N–H and O–H groups in total. The zero-order chi connectivity index (χ0) is 14.7. The lowest BCUT2D eigenvalue weighted by molar-refractivity contribution is -0.116. The van der Waals surface area contributed by atoms with E-state index in [-0.39, 0.29) is 12.5 Å². The maximum atomic E-state index is 11.9. The van der Waals surface area contributed by atoms with Crippen molar-refractivity contribution in [2.45, 2.75) is 13.5 Å². The minimum absolute atomic E-state index is 0.0653. The first-order valence-electron chi connectivity index (χ1n) is 6.15. The van der Waals surface area contributed by atoms with Crippen molar-refractivity contribution in [1.29, 1.82) is 0 Å². The van der Waals surface area contributed by atoms with Gasteiger partial charge in [-0.2, -0.15) is 5.10 Å². The van der Waals surface area contributed by atoms with E-state index < -0.39 is 5.69 Å². The molecule has 0 radical (unpaired) electrons. The number of carbonyl (C=O) groups excluding carboxylic acids is 1. The zero-order valence-electron chi connectivity index (χ0n) is 11.7. The van der Waals surface area contributed by atoms with Crippen molar-refractivity contribution in [3.05, 3.63) is 40.6 Å². The van der Waals surface area contributed by atoms with Crippen molar-refractivity contribution in [3.8, 4) is 0 Å². The Balaban J connectivity index is 2.08. The maximum absolute atomic E-state index is 11.9. The molecule has 1 aromatic carbocycles. The van der Waals surface area contributed by atoms with Gasteiger partial charge in [0.25, 0.3) is 0 Å². The maximum Gasteiger partial charge on any atom is 0.343 e. The van der Waals surface area contributed by atoms with Gasteiger partial charge in [-0.05, 0) is 30.7 Å². The molecular weight excluding hydrogens is 258 g/mol. The molecule has 0 aliphatic rings. The minimum atomic E-state index is -0.403. The topological polar surface area (TPSA) is 83.0 Å². The molecule has 106 valence electrons. The van der Waals surface area contributed by atoms with E-state index >= 15 is 0 Å². The number of rotatable bonds is 4. The molecule has 20 heavy (non-hydrogen) atoms. The summed E-state index contributed by atoms with van der Waals surface area (Å²) in [5.74, 6) is -0.269. The van der Waals surface area contributed by atoms with Gasteiger partial charge in [-0.1, -0.05) is 0 Å². The van der Waals surface area contributed by atoms with E-state index in [0.717, 1.165) is 16.9 Å². The van der Waals surface area contributed by atoms with E-state index in [1.807, 2.05) is 44.1 Å². The van der Waals surface area contributed by atoms with Crippen molar-refractivity contribution in [1.82, 2.24) is 14.8 Å². The van der Waals surface area contributed by atoms with Gasteiger partial charge in [-0.15, -0.1) is 0 Å². The Morgan fingerprint density at radius 1 is 1.45 bits per heavy atom. The molecule has 0 unspecified atom stereocenters. The summed E-state index contributed by atoms with van der Waals surface area (Å²) in [7, 11) is 3.91. The molecular formula is C13H17N5O2.